The summed E-state index contributed by atoms with van der Waals surface area (Å²) in [6.07, 6.45) is -5.47. The number of aryl methyl sites for hydroxylation is 4. The maximum Gasteiger partial charge on any atom is 0.523 e. The Morgan fingerprint density at radius 3 is 1.53 bits per heavy atom. The smallest absolute Gasteiger partial charge is 0.219 e. The van der Waals surface area contributed by atoms with Gasteiger partial charge in [0.05, 0.1) is 11.1 Å². The maximum atomic E-state index is 15.1. The third-order valence-electron chi connectivity index (χ3n) is 7.25. The van der Waals surface area contributed by atoms with Gasteiger partial charge in [0.2, 0.25) is 0 Å². The second kappa shape index (κ2) is 10.2. The summed E-state index contributed by atoms with van der Waals surface area (Å²) < 4.78 is 45.3. The van der Waals surface area contributed by atoms with Crippen LogP contribution in [0.1, 0.15) is 41.3 Å². The SMILES string of the molecule is [C-]#[N+]C([N+]#[C-])=C1Cc2c(-c3nc(C)nc(C)n3)c3c(c(-c4nc(C)nc(C)n4)c2=C1C)CC(=C(C#N)C#N)C=3C(F)(F)F. The molecular formula is C30H19F3N10. The van der Waals surface area contributed by atoms with Crippen LogP contribution < -0.4 is 10.4 Å². The van der Waals surface area contributed by atoms with Gasteiger partial charge in [0.15, 0.2) is 11.6 Å². The number of rotatable bonds is 2. The molecular weight excluding hydrogens is 557 g/mol. The van der Waals surface area contributed by atoms with Crippen molar-refractivity contribution in [2.75, 3.05) is 0 Å². The third-order valence-corrected chi connectivity index (χ3v) is 7.25. The zero-order valence-corrected chi connectivity index (χ0v) is 23.5. The van der Waals surface area contributed by atoms with Crippen LogP contribution in [0.4, 0.5) is 13.2 Å². The molecule has 0 saturated heterocycles. The fourth-order valence-corrected chi connectivity index (χ4v) is 5.81. The molecule has 0 unspecified atom stereocenters. The fourth-order valence-electron chi connectivity index (χ4n) is 5.81. The maximum absolute atomic E-state index is 15.1. The van der Waals surface area contributed by atoms with Crippen LogP contribution >= 0.6 is 0 Å². The standard InChI is InChI=1S/C30H19F3N10/c1-12-18(27(36-6)37-7)8-20-22(12)24(28-40-13(2)38-14(3)41-28)21-9-19(17(10-34)11-35)26(30(31,32)33)23(21)25(20)29-42-15(4)39-16(5)43-29/h8-9H2,1-5H3. The van der Waals surface area contributed by atoms with E-state index in [9.17, 15) is 10.5 Å². The van der Waals surface area contributed by atoms with Crippen molar-refractivity contribution >= 4 is 11.1 Å². The van der Waals surface area contributed by atoms with Gasteiger partial charge in [-0.2, -0.15) is 33.4 Å². The molecule has 2 aliphatic carbocycles. The van der Waals surface area contributed by atoms with Gasteiger partial charge in [0.25, 0.3) is 0 Å². The normalized spacial score (nSPS) is 13.6. The summed E-state index contributed by atoms with van der Waals surface area (Å²) in [4.78, 5) is 33.0. The molecule has 0 saturated carbocycles. The van der Waals surface area contributed by atoms with Crippen LogP contribution in [0.15, 0.2) is 22.5 Å². The molecule has 0 atom stereocenters. The molecule has 0 N–H and O–H groups in total. The van der Waals surface area contributed by atoms with E-state index < -0.39 is 29.3 Å². The molecule has 2 heterocycles. The molecule has 43 heavy (non-hydrogen) atoms. The quantitative estimate of drug-likeness (QED) is 0.330. The highest BCUT2D eigenvalue weighted by Crippen LogP contribution is 2.43. The first-order valence-corrected chi connectivity index (χ1v) is 12.8. The van der Waals surface area contributed by atoms with Gasteiger partial charge in [-0.05, 0) is 68.5 Å². The number of nitriles is 2. The van der Waals surface area contributed by atoms with Crippen LogP contribution in [-0.4, -0.2) is 36.1 Å². The minimum absolute atomic E-state index is 0.0334. The Kier molecular flexibility index (Phi) is 6.84. The first-order chi connectivity index (χ1) is 20.3. The molecule has 0 aliphatic heterocycles. The van der Waals surface area contributed by atoms with Gasteiger partial charge in [-0.3, -0.25) is 0 Å². The predicted octanol–water partition coefficient (Wildman–Crippen LogP) is 4.01. The van der Waals surface area contributed by atoms with Gasteiger partial charge in [-0.25, -0.2) is 29.9 Å². The van der Waals surface area contributed by atoms with Gasteiger partial charge in [-0.15, -0.1) is 0 Å². The number of nitrogens with zero attached hydrogens (tertiary/aromatic N) is 10. The van der Waals surface area contributed by atoms with E-state index in [1.54, 1.807) is 46.8 Å². The lowest BCUT2D eigenvalue weighted by Crippen LogP contribution is -2.28. The monoisotopic (exact) mass is 576 g/mol. The zero-order valence-electron chi connectivity index (χ0n) is 23.5. The molecule has 5 rings (SSSR count). The Bertz CT molecular complexity index is 2090. The van der Waals surface area contributed by atoms with Crippen molar-refractivity contribution < 1.29 is 13.2 Å². The lowest BCUT2D eigenvalue weighted by molar-refractivity contribution is -0.0695. The number of allylic oxidation sites excluding steroid dienone is 3. The summed E-state index contributed by atoms with van der Waals surface area (Å²) >= 11 is 0. The molecule has 2 aliphatic rings. The zero-order chi connectivity index (χ0) is 31.4. The molecule has 1 aromatic carbocycles. The van der Waals surface area contributed by atoms with Gasteiger partial charge in [0, 0.05) is 22.8 Å². The molecule has 2 aromatic heterocycles. The summed E-state index contributed by atoms with van der Waals surface area (Å²) in [5.41, 5.74) is -0.668. The Morgan fingerprint density at radius 2 is 1.12 bits per heavy atom. The average molecular weight is 577 g/mol. The molecule has 0 fully saturated rings. The molecule has 0 bridgehead atoms. The highest BCUT2D eigenvalue weighted by Gasteiger charge is 2.45. The second-order valence-corrected chi connectivity index (χ2v) is 9.92. The average Bonchev–Trinajstić information content (AvgIpc) is 3.46. The summed E-state index contributed by atoms with van der Waals surface area (Å²) in [6.45, 7) is 23.3. The Labute approximate surface area is 243 Å². The van der Waals surface area contributed by atoms with Crippen molar-refractivity contribution in [3.05, 3.63) is 90.2 Å². The number of hydrogen-bond acceptors (Lipinski definition) is 8. The van der Waals surface area contributed by atoms with Crippen molar-refractivity contribution in [1.29, 1.82) is 10.5 Å². The van der Waals surface area contributed by atoms with Crippen LogP contribution in [0.2, 0.25) is 0 Å². The number of fused-ring (bicyclic) bond motifs is 2. The van der Waals surface area contributed by atoms with Gasteiger partial charge in [-0.1, -0.05) is 0 Å². The number of benzene rings is 1. The molecule has 13 heteroatoms. The molecule has 3 aromatic rings. The van der Waals surface area contributed by atoms with Gasteiger partial charge in [0.1, 0.15) is 54.2 Å². The van der Waals surface area contributed by atoms with Gasteiger partial charge < -0.3 is 0 Å². The largest absolute Gasteiger partial charge is 0.523 e. The third kappa shape index (κ3) is 4.58. The Hall–Kier alpha value is -5.79. The van der Waals surface area contributed by atoms with Crippen molar-refractivity contribution in [3.63, 3.8) is 0 Å². The first kappa shape index (κ1) is 28.7. The van der Waals surface area contributed by atoms with Crippen LogP contribution in [0, 0.1) is 63.5 Å². The number of halogens is 3. The molecule has 10 nitrogen and oxygen atoms in total. The highest BCUT2D eigenvalue weighted by atomic mass is 19.4. The van der Waals surface area contributed by atoms with E-state index in [1.165, 1.54) is 0 Å². The minimum Gasteiger partial charge on any atom is -0.219 e. The molecule has 0 spiro atoms. The number of hydrogen-bond donors (Lipinski definition) is 0. The van der Waals surface area contributed by atoms with Crippen LogP contribution in [0.25, 0.3) is 43.6 Å². The van der Waals surface area contributed by atoms with Crippen molar-refractivity contribution in [2.24, 2.45) is 0 Å². The number of aromatic nitrogens is 6. The number of alkyl halides is 3. The van der Waals surface area contributed by atoms with Crippen LogP contribution in [0.3, 0.4) is 0 Å². The van der Waals surface area contributed by atoms with E-state index in [0.29, 0.717) is 33.6 Å². The summed E-state index contributed by atoms with van der Waals surface area (Å²) in [5, 5.41) is 19.5. The minimum atomic E-state index is -4.99. The molecule has 210 valence electrons. The van der Waals surface area contributed by atoms with E-state index in [2.05, 4.69) is 39.6 Å². The topological polar surface area (TPSA) is 134 Å². The lowest BCUT2D eigenvalue weighted by Gasteiger charge is -2.16. The van der Waals surface area contributed by atoms with E-state index in [4.69, 9.17) is 13.1 Å². The first-order valence-electron chi connectivity index (χ1n) is 12.8. The predicted molar refractivity (Wildman–Crippen MR) is 147 cm³/mol. The summed E-state index contributed by atoms with van der Waals surface area (Å²) in [7, 11) is 0. The van der Waals surface area contributed by atoms with Crippen molar-refractivity contribution in [1.82, 2.24) is 29.9 Å². The van der Waals surface area contributed by atoms with E-state index in [-0.39, 0.29) is 57.4 Å². The van der Waals surface area contributed by atoms with Crippen molar-refractivity contribution in [3.8, 4) is 34.9 Å². The van der Waals surface area contributed by atoms with Crippen molar-refractivity contribution in [2.45, 2.75) is 53.6 Å². The summed E-state index contributed by atoms with van der Waals surface area (Å²) in [6, 6.07) is 3.25. The van der Waals surface area contributed by atoms with Crippen LogP contribution in [0.5, 0.6) is 0 Å². The second-order valence-electron chi connectivity index (χ2n) is 9.92. The highest BCUT2D eigenvalue weighted by molar-refractivity contribution is 5.91. The van der Waals surface area contributed by atoms with E-state index >= 15 is 13.2 Å². The van der Waals surface area contributed by atoms with Crippen LogP contribution in [-0.2, 0) is 12.8 Å². The lowest BCUT2D eigenvalue weighted by atomic mass is 9.91. The Balaban J connectivity index is 2.19. The molecule has 0 amide bonds. The fraction of sp³-hybridized carbons (Fsp3) is 0.267. The molecule has 0 radical (unpaired) electrons. The van der Waals surface area contributed by atoms with Gasteiger partial charge >= 0.3 is 12.0 Å². The van der Waals surface area contributed by atoms with E-state index in [1.807, 2.05) is 0 Å². The van der Waals surface area contributed by atoms with E-state index in [0.717, 1.165) is 0 Å². The Morgan fingerprint density at radius 1 is 0.698 bits per heavy atom. The summed E-state index contributed by atoms with van der Waals surface area (Å²) in [5.74, 6) is 1.05.